The van der Waals surface area contributed by atoms with Crippen LogP contribution in [-0.4, -0.2) is 25.1 Å². The van der Waals surface area contributed by atoms with Gasteiger partial charge in [0.2, 0.25) is 5.91 Å². The minimum Gasteiger partial charge on any atom is -0.496 e. The van der Waals surface area contributed by atoms with Crippen LogP contribution in [0.1, 0.15) is 12.5 Å². The smallest absolute Gasteiger partial charge is 0.252 e. The lowest BCUT2D eigenvalue weighted by Crippen LogP contribution is -2.34. The zero-order chi connectivity index (χ0) is 19.1. The van der Waals surface area contributed by atoms with E-state index < -0.39 is 23.5 Å². The second-order valence-corrected chi connectivity index (χ2v) is 5.75. The first-order valence-electron chi connectivity index (χ1n) is 7.64. The van der Waals surface area contributed by atoms with Crippen LogP contribution >= 0.6 is 11.6 Å². The lowest BCUT2D eigenvalue weighted by atomic mass is 10.1. The van der Waals surface area contributed by atoms with Crippen LogP contribution in [0.15, 0.2) is 47.6 Å². The zero-order valence-corrected chi connectivity index (χ0v) is 14.9. The van der Waals surface area contributed by atoms with Crippen molar-refractivity contribution in [3.05, 3.63) is 58.9 Å². The van der Waals surface area contributed by atoms with Crippen molar-refractivity contribution in [2.45, 2.75) is 6.92 Å². The Morgan fingerprint density at radius 2 is 1.96 bits per heavy atom. The van der Waals surface area contributed by atoms with Crippen LogP contribution in [0, 0.1) is 11.7 Å². The Kier molecular flexibility index (Phi) is 6.68. The fraction of sp³-hybridized carbons (Fsp3) is 0.167. The molecule has 0 aliphatic heterocycles. The van der Waals surface area contributed by atoms with Crippen LogP contribution in [-0.2, 0) is 9.59 Å². The van der Waals surface area contributed by atoms with Gasteiger partial charge in [0.05, 0.1) is 19.0 Å². The third kappa shape index (κ3) is 5.03. The number of carbonyl (C=O) groups is 2. The SMILES string of the molecule is COc1ccc(Cl)cc1C=NNC(=O)C(C)C(=O)Nc1ccccc1F. The summed E-state index contributed by atoms with van der Waals surface area (Å²) in [7, 11) is 1.49. The van der Waals surface area contributed by atoms with E-state index in [4.69, 9.17) is 16.3 Å². The number of rotatable bonds is 6. The molecule has 2 aromatic carbocycles. The number of carbonyl (C=O) groups excluding carboxylic acids is 2. The summed E-state index contributed by atoms with van der Waals surface area (Å²) in [6, 6.07) is 10.6. The number of ether oxygens (including phenoxy) is 1. The van der Waals surface area contributed by atoms with E-state index in [-0.39, 0.29) is 5.69 Å². The highest BCUT2D eigenvalue weighted by Gasteiger charge is 2.22. The normalized spacial score (nSPS) is 11.8. The number of anilines is 1. The topological polar surface area (TPSA) is 79.8 Å². The average Bonchev–Trinajstić information content (AvgIpc) is 2.63. The molecule has 1 atom stereocenters. The molecule has 2 rings (SSSR count). The predicted molar refractivity (Wildman–Crippen MR) is 97.9 cm³/mol. The molecule has 2 N–H and O–H groups in total. The molecule has 0 aliphatic carbocycles. The van der Waals surface area contributed by atoms with E-state index in [0.29, 0.717) is 16.3 Å². The van der Waals surface area contributed by atoms with E-state index in [1.54, 1.807) is 24.3 Å². The number of nitrogens with one attached hydrogen (secondary N) is 2. The van der Waals surface area contributed by atoms with Gasteiger partial charge in [-0.3, -0.25) is 9.59 Å². The number of nitrogens with zero attached hydrogens (tertiary/aromatic N) is 1. The Balaban J connectivity index is 1.98. The Morgan fingerprint density at radius 1 is 1.23 bits per heavy atom. The molecular formula is C18H17ClFN3O3. The fourth-order valence-electron chi connectivity index (χ4n) is 1.99. The molecule has 0 bridgehead atoms. The van der Waals surface area contributed by atoms with Crippen LogP contribution in [0.4, 0.5) is 10.1 Å². The number of benzene rings is 2. The number of halogens is 2. The van der Waals surface area contributed by atoms with Crippen LogP contribution in [0.25, 0.3) is 0 Å². The van der Waals surface area contributed by atoms with Crippen molar-refractivity contribution < 1.29 is 18.7 Å². The van der Waals surface area contributed by atoms with E-state index in [1.165, 1.54) is 38.4 Å². The maximum Gasteiger partial charge on any atom is 0.252 e. The third-order valence-corrected chi connectivity index (χ3v) is 3.72. The van der Waals surface area contributed by atoms with Gasteiger partial charge in [-0.25, -0.2) is 9.82 Å². The van der Waals surface area contributed by atoms with Crippen molar-refractivity contribution in [3.63, 3.8) is 0 Å². The Bertz CT molecular complexity index is 842. The third-order valence-electron chi connectivity index (χ3n) is 3.49. The van der Waals surface area contributed by atoms with Gasteiger partial charge in [0.15, 0.2) is 0 Å². The minimum atomic E-state index is -1.08. The van der Waals surface area contributed by atoms with E-state index >= 15 is 0 Å². The molecule has 136 valence electrons. The Morgan fingerprint density at radius 3 is 2.65 bits per heavy atom. The van der Waals surface area contributed by atoms with Gasteiger partial charge in [0.1, 0.15) is 17.5 Å². The van der Waals surface area contributed by atoms with Crippen molar-refractivity contribution in [1.29, 1.82) is 0 Å². The summed E-state index contributed by atoms with van der Waals surface area (Å²) < 4.78 is 18.7. The molecule has 2 aromatic rings. The van der Waals surface area contributed by atoms with Crippen molar-refractivity contribution in [1.82, 2.24) is 5.43 Å². The van der Waals surface area contributed by atoms with Crippen molar-refractivity contribution >= 4 is 35.3 Å². The Hall–Kier alpha value is -2.93. The molecule has 0 spiro atoms. The summed E-state index contributed by atoms with van der Waals surface area (Å²) in [6.45, 7) is 1.39. The van der Waals surface area contributed by atoms with Gasteiger partial charge in [-0.2, -0.15) is 5.10 Å². The van der Waals surface area contributed by atoms with Gasteiger partial charge in [-0.05, 0) is 37.3 Å². The zero-order valence-electron chi connectivity index (χ0n) is 14.1. The molecule has 6 nitrogen and oxygen atoms in total. The highest BCUT2D eigenvalue weighted by atomic mass is 35.5. The predicted octanol–water partition coefficient (Wildman–Crippen LogP) is 3.21. The maximum atomic E-state index is 13.5. The first-order valence-corrected chi connectivity index (χ1v) is 8.02. The second-order valence-electron chi connectivity index (χ2n) is 5.31. The molecule has 0 saturated heterocycles. The standard InChI is InChI=1S/C18H17ClFN3O3/c1-11(17(24)22-15-6-4-3-5-14(15)20)18(25)23-21-10-12-9-13(19)7-8-16(12)26-2/h3-11H,1-2H3,(H,22,24)(H,23,25). The Labute approximate surface area is 155 Å². The molecule has 8 heteroatoms. The quantitative estimate of drug-likeness (QED) is 0.461. The molecule has 2 amide bonds. The molecule has 1 unspecified atom stereocenters. The van der Waals surface area contributed by atoms with Gasteiger partial charge in [-0.15, -0.1) is 0 Å². The van der Waals surface area contributed by atoms with Gasteiger partial charge in [0.25, 0.3) is 5.91 Å². The number of methoxy groups -OCH3 is 1. The maximum absolute atomic E-state index is 13.5. The van der Waals surface area contributed by atoms with Crippen LogP contribution in [0.3, 0.4) is 0 Å². The number of hydrogen-bond acceptors (Lipinski definition) is 4. The van der Waals surface area contributed by atoms with Gasteiger partial charge >= 0.3 is 0 Å². The molecule has 26 heavy (non-hydrogen) atoms. The molecule has 0 fully saturated rings. The van der Waals surface area contributed by atoms with Gasteiger partial charge in [-0.1, -0.05) is 23.7 Å². The summed E-state index contributed by atoms with van der Waals surface area (Å²) in [4.78, 5) is 24.1. The van der Waals surface area contributed by atoms with Gasteiger partial charge in [0, 0.05) is 10.6 Å². The van der Waals surface area contributed by atoms with E-state index in [9.17, 15) is 14.0 Å². The lowest BCUT2D eigenvalue weighted by Gasteiger charge is -2.11. The monoisotopic (exact) mass is 377 g/mol. The number of hydrazone groups is 1. The van der Waals surface area contributed by atoms with Crippen molar-refractivity contribution in [2.24, 2.45) is 11.0 Å². The van der Waals surface area contributed by atoms with Crippen molar-refractivity contribution in [2.75, 3.05) is 12.4 Å². The van der Waals surface area contributed by atoms with Crippen LogP contribution < -0.4 is 15.5 Å². The van der Waals surface area contributed by atoms with Gasteiger partial charge < -0.3 is 10.1 Å². The van der Waals surface area contributed by atoms with E-state index in [2.05, 4.69) is 15.8 Å². The molecule has 0 aliphatic rings. The lowest BCUT2D eigenvalue weighted by molar-refractivity contribution is -0.131. The summed E-state index contributed by atoms with van der Waals surface area (Å²) in [5.74, 6) is -2.43. The molecule has 0 radical (unpaired) electrons. The highest BCUT2D eigenvalue weighted by molar-refractivity contribution is 6.30. The van der Waals surface area contributed by atoms with E-state index in [0.717, 1.165) is 0 Å². The largest absolute Gasteiger partial charge is 0.496 e. The molecular weight excluding hydrogens is 361 g/mol. The molecule has 0 saturated carbocycles. The van der Waals surface area contributed by atoms with Crippen molar-refractivity contribution in [3.8, 4) is 5.75 Å². The first kappa shape index (κ1) is 19.4. The summed E-state index contributed by atoms with van der Waals surface area (Å²) >= 11 is 5.91. The van der Waals surface area contributed by atoms with Crippen LogP contribution in [0.5, 0.6) is 5.75 Å². The first-order chi connectivity index (χ1) is 12.4. The summed E-state index contributed by atoms with van der Waals surface area (Å²) in [6.07, 6.45) is 1.35. The van der Waals surface area contributed by atoms with Crippen LogP contribution in [0.2, 0.25) is 5.02 Å². The number of amides is 2. The number of hydrogen-bond donors (Lipinski definition) is 2. The molecule has 0 aromatic heterocycles. The van der Waals surface area contributed by atoms with E-state index in [1.807, 2.05) is 0 Å². The molecule has 0 heterocycles. The highest BCUT2D eigenvalue weighted by Crippen LogP contribution is 2.20. The summed E-state index contributed by atoms with van der Waals surface area (Å²) in [5.41, 5.74) is 2.82. The second kappa shape index (κ2) is 8.96. The average molecular weight is 378 g/mol. The number of para-hydroxylation sites is 1. The summed E-state index contributed by atoms with van der Waals surface area (Å²) in [5, 5.41) is 6.65. The minimum absolute atomic E-state index is 0.00400. The fourth-order valence-corrected chi connectivity index (χ4v) is 2.17.